The molecule has 1 amide bonds. The Hall–Kier alpha value is -2.23. The van der Waals surface area contributed by atoms with Crippen LogP contribution in [0.25, 0.3) is 0 Å². The minimum atomic E-state index is -0.0912. The molecule has 0 radical (unpaired) electrons. The van der Waals surface area contributed by atoms with Crippen LogP contribution < -0.4 is 10.6 Å². The van der Waals surface area contributed by atoms with Crippen LogP contribution in [0.4, 0.5) is 5.69 Å². The lowest BCUT2D eigenvalue weighted by molar-refractivity contribution is 0.0947. The maximum atomic E-state index is 12.0. The van der Waals surface area contributed by atoms with Gasteiger partial charge in [-0.3, -0.25) is 4.79 Å². The molecule has 2 rings (SSSR count). The first-order valence-electron chi connectivity index (χ1n) is 5.79. The number of hydrogen-bond acceptors (Lipinski definition) is 3. The number of carbonyl (C=O) groups excluding carboxylic acids is 1. The highest BCUT2D eigenvalue weighted by Gasteiger charge is 2.09. The molecule has 0 aliphatic carbocycles. The van der Waals surface area contributed by atoms with Gasteiger partial charge in [0.2, 0.25) is 0 Å². The lowest BCUT2D eigenvalue weighted by Gasteiger charge is -2.08. The molecule has 94 valence electrons. The normalized spacial score (nSPS) is 10.1. The molecule has 0 spiro atoms. The predicted octanol–water partition coefficient (Wildman–Crippen LogP) is 2.56. The molecule has 18 heavy (non-hydrogen) atoms. The van der Waals surface area contributed by atoms with Crippen LogP contribution in [0.5, 0.6) is 0 Å². The van der Waals surface area contributed by atoms with Gasteiger partial charge in [-0.25, -0.2) is 0 Å². The Balaban J connectivity index is 2.04. The Kier molecular flexibility index (Phi) is 3.67. The van der Waals surface area contributed by atoms with Gasteiger partial charge < -0.3 is 15.1 Å². The lowest BCUT2D eigenvalue weighted by Crippen LogP contribution is -2.23. The van der Waals surface area contributed by atoms with Crippen LogP contribution in [0.1, 0.15) is 21.7 Å². The van der Waals surface area contributed by atoms with E-state index >= 15 is 0 Å². The third-order valence-corrected chi connectivity index (χ3v) is 2.76. The average molecular weight is 244 g/mol. The molecule has 0 bridgehead atoms. The Morgan fingerprint density at radius 2 is 2.17 bits per heavy atom. The summed E-state index contributed by atoms with van der Waals surface area (Å²) in [6.45, 7) is 2.32. The van der Waals surface area contributed by atoms with E-state index in [-0.39, 0.29) is 5.91 Å². The number of nitrogens with one attached hydrogen (secondary N) is 2. The molecule has 0 unspecified atom stereocenters. The van der Waals surface area contributed by atoms with E-state index in [1.54, 1.807) is 12.3 Å². The van der Waals surface area contributed by atoms with Crippen molar-refractivity contribution in [2.75, 3.05) is 12.4 Å². The maximum Gasteiger partial charge on any atom is 0.251 e. The van der Waals surface area contributed by atoms with Crippen LogP contribution in [-0.2, 0) is 6.54 Å². The summed E-state index contributed by atoms with van der Waals surface area (Å²) in [6.07, 6.45) is 1.59. The van der Waals surface area contributed by atoms with E-state index in [1.165, 1.54) is 0 Å². The van der Waals surface area contributed by atoms with E-state index in [1.807, 2.05) is 38.2 Å². The molecule has 2 N–H and O–H groups in total. The second-order valence-electron chi connectivity index (χ2n) is 4.04. The highest BCUT2D eigenvalue weighted by atomic mass is 16.3. The minimum absolute atomic E-state index is 0.0912. The van der Waals surface area contributed by atoms with Crippen molar-refractivity contribution in [3.63, 3.8) is 0 Å². The zero-order valence-corrected chi connectivity index (χ0v) is 10.5. The van der Waals surface area contributed by atoms with Gasteiger partial charge in [0.05, 0.1) is 12.8 Å². The molecule has 2 aromatic rings. The molecule has 0 atom stereocenters. The smallest absolute Gasteiger partial charge is 0.251 e. The standard InChI is InChI=1S/C14H16N2O2/c1-10-8-11(15-2)5-6-13(10)14(17)16-9-12-4-3-7-18-12/h3-8,15H,9H2,1-2H3,(H,16,17). The molecule has 1 heterocycles. The van der Waals surface area contributed by atoms with Crippen LogP contribution >= 0.6 is 0 Å². The Labute approximate surface area is 106 Å². The van der Waals surface area contributed by atoms with Gasteiger partial charge in [0.15, 0.2) is 0 Å². The monoisotopic (exact) mass is 244 g/mol. The summed E-state index contributed by atoms with van der Waals surface area (Å²) in [5, 5.41) is 5.87. The summed E-state index contributed by atoms with van der Waals surface area (Å²) < 4.78 is 5.16. The van der Waals surface area contributed by atoms with E-state index < -0.39 is 0 Å². The van der Waals surface area contributed by atoms with E-state index in [0.29, 0.717) is 12.1 Å². The Bertz CT molecular complexity index is 533. The SMILES string of the molecule is CNc1ccc(C(=O)NCc2ccco2)c(C)c1. The molecule has 1 aromatic heterocycles. The number of benzene rings is 1. The summed E-state index contributed by atoms with van der Waals surface area (Å²) in [7, 11) is 1.85. The molecule has 4 heteroatoms. The summed E-state index contributed by atoms with van der Waals surface area (Å²) >= 11 is 0. The average Bonchev–Trinajstić information content (AvgIpc) is 2.88. The van der Waals surface area contributed by atoms with Crippen LogP contribution in [0.3, 0.4) is 0 Å². The summed E-state index contributed by atoms with van der Waals surface area (Å²) in [4.78, 5) is 12.0. The number of furan rings is 1. The highest BCUT2D eigenvalue weighted by molar-refractivity contribution is 5.95. The van der Waals surface area contributed by atoms with Gasteiger partial charge in [-0.15, -0.1) is 0 Å². The summed E-state index contributed by atoms with van der Waals surface area (Å²) in [6, 6.07) is 9.28. The van der Waals surface area contributed by atoms with Gasteiger partial charge in [-0.2, -0.15) is 0 Å². The first-order chi connectivity index (χ1) is 8.70. The van der Waals surface area contributed by atoms with Gasteiger partial charge in [-0.05, 0) is 42.8 Å². The van der Waals surface area contributed by atoms with Crippen LogP contribution in [-0.4, -0.2) is 13.0 Å². The number of rotatable bonds is 4. The van der Waals surface area contributed by atoms with Crippen LogP contribution in [0.2, 0.25) is 0 Å². The fourth-order valence-electron chi connectivity index (χ4n) is 1.75. The van der Waals surface area contributed by atoms with Gasteiger partial charge in [0.1, 0.15) is 5.76 Å². The summed E-state index contributed by atoms with van der Waals surface area (Å²) in [5.41, 5.74) is 2.62. The minimum Gasteiger partial charge on any atom is -0.467 e. The molecule has 0 saturated carbocycles. The third-order valence-electron chi connectivity index (χ3n) is 2.76. The summed E-state index contributed by atoms with van der Waals surface area (Å²) in [5.74, 6) is 0.652. The second-order valence-corrected chi connectivity index (χ2v) is 4.04. The molecular formula is C14H16N2O2. The van der Waals surface area contributed by atoms with Gasteiger partial charge in [-0.1, -0.05) is 0 Å². The first kappa shape index (κ1) is 12.2. The van der Waals surface area contributed by atoms with Gasteiger partial charge in [0.25, 0.3) is 5.91 Å². The molecule has 0 saturated heterocycles. The molecular weight excluding hydrogens is 228 g/mol. The first-order valence-corrected chi connectivity index (χ1v) is 5.79. The fourth-order valence-corrected chi connectivity index (χ4v) is 1.75. The van der Waals surface area contributed by atoms with E-state index in [0.717, 1.165) is 17.0 Å². The van der Waals surface area contributed by atoms with E-state index in [4.69, 9.17) is 4.42 Å². The Morgan fingerprint density at radius 1 is 1.33 bits per heavy atom. The topological polar surface area (TPSA) is 54.3 Å². The van der Waals surface area contributed by atoms with Gasteiger partial charge >= 0.3 is 0 Å². The van der Waals surface area contributed by atoms with Gasteiger partial charge in [0, 0.05) is 18.3 Å². The highest BCUT2D eigenvalue weighted by Crippen LogP contribution is 2.14. The zero-order chi connectivity index (χ0) is 13.0. The molecule has 0 aliphatic heterocycles. The molecule has 1 aromatic carbocycles. The van der Waals surface area contributed by atoms with Crippen LogP contribution in [0.15, 0.2) is 41.0 Å². The number of anilines is 1. The van der Waals surface area contributed by atoms with Crippen LogP contribution in [0, 0.1) is 6.92 Å². The lowest BCUT2D eigenvalue weighted by atomic mass is 10.1. The van der Waals surface area contributed by atoms with E-state index in [2.05, 4.69) is 10.6 Å². The third kappa shape index (κ3) is 2.71. The quantitative estimate of drug-likeness (QED) is 0.869. The molecule has 0 aliphatic rings. The number of aryl methyl sites for hydroxylation is 1. The van der Waals surface area contributed by atoms with E-state index in [9.17, 15) is 4.79 Å². The largest absolute Gasteiger partial charge is 0.467 e. The fraction of sp³-hybridized carbons (Fsp3) is 0.214. The Morgan fingerprint density at radius 3 is 2.78 bits per heavy atom. The number of carbonyl (C=O) groups is 1. The zero-order valence-electron chi connectivity index (χ0n) is 10.5. The number of hydrogen-bond donors (Lipinski definition) is 2. The van der Waals surface area contributed by atoms with Crippen molar-refractivity contribution in [1.29, 1.82) is 0 Å². The van der Waals surface area contributed by atoms with Crippen molar-refractivity contribution in [2.24, 2.45) is 0 Å². The van der Waals surface area contributed by atoms with Crippen molar-refractivity contribution >= 4 is 11.6 Å². The predicted molar refractivity (Wildman–Crippen MR) is 70.6 cm³/mol. The van der Waals surface area contributed by atoms with Crippen molar-refractivity contribution in [2.45, 2.75) is 13.5 Å². The van der Waals surface area contributed by atoms with Crippen molar-refractivity contribution < 1.29 is 9.21 Å². The second kappa shape index (κ2) is 5.40. The van der Waals surface area contributed by atoms with Crippen molar-refractivity contribution in [3.05, 3.63) is 53.5 Å². The molecule has 0 fully saturated rings. The maximum absolute atomic E-state index is 12.0. The van der Waals surface area contributed by atoms with Crippen molar-refractivity contribution in [3.8, 4) is 0 Å². The molecule has 4 nitrogen and oxygen atoms in total. The van der Waals surface area contributed by atoms with Crippen molar-refractivity contribution in [1.82, 2.24) is 5.32 Å². The number of amides is 1.